The van der Waals surface area contributed by atoms with E-state index in [9.17, 15) is 14.7 Å². The van der Waals surface area contributed by atoms with E-state index in [1.165, 1.54) is 6.21 Å². The number of carbonyl (C=O) groups excluding carboxylic acids is 1. The summed E-state index contributed by atoms with van der Waals surface area (Å²) in [6.45, 7) is 1.68. The minimum atomic E-state index is -0.752. The summed E-state index contributed by atoms with van der Waals surface area (Å²) in [7, 11) is 0. The van der Waals surface area contributed by atoms with Crippen LogP contribution in [0, 0.1) is 6.92 Å². The van der Waals surface area contributed by atoms with E-state index < -0.39 is 11.5 Å². The van der Waals surface area contributed by atoms with E-state index in [4.69, 9.17) is 11.6 Å². The molecule has 154 valence electrons. The van der Waals surface area contributed by atoms with E-state index in [1.807, 2.05) is 30.3 Å². The van der Waals surface area contributed by atoms with Gasteiger partial charge in [0.1, 0.15) is 0 Å². The van der Waals surface area contributed by atoms with Crippen molar-refractivity contribution in [2.24, 2.45) is 5.10 Å². The predicted molar refractivity (Wildman–Crippen MR) is 121 cm³/mol. The van der Waals surface area contributed by atoms with Gasteiger partial charge in [-0.1, -0.05) is 54.1 Å². The van der Waals surface area contributed by atoms with Crippen LogP contribution < -0.4 is 11.0 Å². The molecule has 4 rings (SSSR count). The summed E-state index contributed by atoms with van der Waals surface area (Å²) in [4.78, 5) is 32.1. The van der Waals surface area contributed by atoms with Crippen LogP contribution in [-0.2, 0) is 0 Å². The maximum atomic E-state index is 12.6. The van der Waals surface area contributed by atoms with Crippen LogP contribution in [0.5, 0.6) is 5.75 Å². The highest BCUT2D eigenvalue weighted by atomic mass is 35.5. The van der Waals surface area contributed by atoms with Crippen LogP contribution in [0.25, 0.3) is 22.0 Å². The lowest BCUT2D eigenvalue weighted by molar-refractivity contribution is 0.0947. The lowest BCUT2D eigenvalue weighted by Gasteiger charge is -2.10. The number of carbonyl (C=O) groups is 1. The number of nitrogens with zero attached hydrogens (tertiary/aromatic N) is 2. The minimum Gasteiger partial charge on any atom is -0.505 e. The van der Waals surface area contributed by atoms with Gasteiger partial charge < -0.3 is 10.1 Å². The quantitative estimate of drug-likeness (QED) is 0.334. The van der Waals surface area contributed by atoms with Gasteiger partial charge in [-0.15, -0.1) is 0 Å². The Morgan fingerprint density at radius 2 is 1.87 bits per heavy atom. The second-order valence-electron chi connectivity index (χ2n) is 6.81. The molecule has 0 aliphatic heterocycles. The summed E-state index contributed by atoms with van der Waals surface area (Å²) in [5, 5.41) is 15.7. The number of rotatable bonds is 4. The van der Waals surface area contributed by atoms with Crippen molar-refractivity contribution < 1.29 is 9.90 Å². The standard InChI is InChI=1S/C23H17ClN4O3/c1-13-19-17(11-18(26-13)15-5-3-2-4-6-15)21(29)20(27-22(19)30)23(31)28-25-12-14-7-9-16(24)10-8-14/h2-12,29H,1H3,(H,27,30)(H,28,31)/b25-12+. The molecule has 0 bridgehead atoms. The van der Waals surface area contributed by atoms with Crippen LogP contribution >= 0.6 is 11.6 Å². The van der Waals surface area contributed by atoms with Gasteiger partial charge in [-0.05, 0) is 30.7 Å². The maximum absolute atomic E-state index is 12.6. The normalized spacial score (nSPS) is 11.2. The number of hydrogen-bond donors (Lipinski definition) is 3. The number of halogens is 1. The molecule has 4 aromatic rings. The Balaban J connectivity index is 1.71. The third kappa shape index (κ3) is 4.17. The molecule has 3 N–H and O–H groups in total. The van der Waals surface area contributed by atoms with Crippen LogP contribution in [0.1, 0.15) is 21.7 Å². The molecule has 0 aliphatic carbocycles. The van der Waals surface area contributed by atoms with E-state index in [-0.39, 0.29) is 22.2 Å². The molecule has 31 heavy (non-hydrogen) atoms. The van der Waals surface area contributed by atoms with E-state index in [0.29, 0.717) is 16.4 Å². The Labute approximate surface area is 182 Å². The largest absolute Gasteiger partial charge is 0.505 e. The first kappa shape index (κ1) is 20.3. The zero-order valence-electron chi connectivity index (χ0n) is 16.4. The minimum absolute atomic E-state index is 0.221. The second-order valence-corrected chi connectivity index (χ2v) is 7.25. The van der Waals surface area contributed by atoms with Gasteiger partial charge in [0, 0.05) is 16.0 Å². The first-order valence-electron chi connectivity index (χ1n) is 9.35. The van der Waals surface area contributed by atoms with Gasteiger partial charge in [-0.25, -0.2) is 5.43 Å². The third-order valence-corrected chi connectivity index (χ3v) is 4.96. The zero-order valence-corrected chi connectivity index (χ0v) is 17.1. The molecule has 0 radical (unpaired) electrons. The maximum Gasteiger partial charge on any atom is 0.291 e. The van der Waals surface area contributed by atoms with Gasteiger partial charge in [-0.2, -0.15) is 5.10 Å². The molecule has 0 spiro atoms. The SMILES string of the molecule is Cc1nc(-c2ccccc2)cc2c(O)c(C(=O)N/N=C/c3ccc(Cl)cc3)[nH]c(=O)c12. The number of fused-ring (bicyclic) bond motifs is 1. The number of hydrogen-bond acceptors (Lipinski definition) is 5. The molecule has 0 unspecified atom stereocenters. The predicted octanol–water partition coefficient (Wildman–Crippen LogP) is 4.02. The number of aromatic nitrogens is 2. The zero-order chi connectivity index (χ0) is 22.0. The number of aromatic amines is 1. The number of aryl methyl sites for hydroxylation is 1. The Morgan fingerprint density at radius 1 is 1.16 bits per heavy atom. The van der Waals surface area contributed by atoms with Crippen molar-refractivity contribution in [2.45, 2.75) is 6.92 Å². The van der Waals surface area contributed by atoms with E-state index in [2.05, 4.69) is 20.5 Å². The molecular formula is C23H17ClN4O3. The van der Waals surface area contributed by atoms with E-state index >= 15 is 0 Å². The summed E-state index contributed by atoms with van der Waals surface area (Å²) < 4.78 is 0. The summed E-state index contributed by atoms with van der Waals surface area (Å²) in [6, 6.07) is 17.8. The summed E-state index contributed by atoms with van der Waals surface area (Å²) >= 11 is 5.84. The molecule has 2 aromatic carbocycles. The molecule has 1 amide bonds. The van der Waals surface area contributed by atoms with Gasteiger partial charge in [0.15, 0.2) is 11.4 Å². The van der Waals surface area contributed by atoms with Crippen molar-refractivity contribution in [2.75, 3.05) is 0 Å². The molecule has 0 saturated heterocycles. The fourth-order valence-corrected chi connectivity index (χ4v) is 3.33. The number of amides is 1. The smallest absolute Gasteiger partial charge is 0.291 e. The van der Waals surface area contributed by atoms with Crippen molar-refractivity contribution in [3.63, 3.8) is 0 Å². The number of pyridine rings is 2. The average molecular weight is 433 g/mol. The molecule has 8 heteroatoms. The van der Waals surface area contributed by atoms with Gasteiger partial charge in [-0.3, -0.25) is 14.6 Å². The Hall–Kier alpha value is -3.97. The molecule has 7 nitrogen and oxygen atoms in total. The van der Waals surface area contributed by atoms with Crippen LogP contribution in [0.15, 0.2) is 70.6 Å². The molecule has 2 aromatic heterocycles. The molecule has 0 atom stereocenters. The highest BCUT2D eigenvalue weighted by molar-refractivity contribution is 6.30. The summed E-state index contributed by atoms with van der Waals surface area (Å²) in [5.74, 6) is -1.10. The fraction of sp³-hybridized carbons (Fsp3) is 0.0435. The summed E-state index contributed by atoms with van der Waals surface area (Å²) in [5.41, 5.74) is 4.07. The third-order valence-electron chi connectivity index (χ3n) is 4.70. The Bertz CT molecular complexity index is 1360. The van der Waals surface area contributed by atoms with Gasteiger partial charge in [0.05, 0.1) is 23.0 Å². The molecule has 0 fully saturated rings. The topological polar surface area (TPSA) is 107 Å². The fourth-order valence-electron chi connectivity index (χ4n) is 3.21. The van der Waals surface area contributed by atoms with E-state index in [1.54, 1.807) is 37.3 Å². The number of benzene rings is 2. The van der Waals surface area contributed by atoms with Gasteiger partial charge in [0.25, 0.3) is 11.5 Å². The average Bonchev–Trinajstić information content (AvgIpc) is 2.77. The van der Waals surface area contributed by atoms with Crippen LogP contribution in [-0.4, -0.2) is 27.2 Å². The van der Waals surface area contributed by atoms with Crippen molar-refractivity contribution in [1.82, 2.24) is 15.4 Å². The van der Waals surface area contributed by atoms with Crippen molar-refractivity contribution in [1.29, 1.82) is 0 Å². The van der Waals surface area contributed by atoms with Gasteiger partial charge in [0.2, 0.25) is 0 Å². The Kier molecular flexibility index (Phi) is 5.51. The molecular weight excluding hydrogens is 416 g/mol. The van der Waals surface area contributed by atoms with Crippen molar-refractivity contribution in [3.05, 3.63) is 93.0 Å². The summed E-state index contributed by atoms with van der Waals surface area (Å²) in [6.07, 6.45) is 1.42. The first-order chi connectivity index (χ1) is 14.9. The molecule has 2 heterocycles. The number of aromatic hydroxyl groups is 1. The monoisotopic (exact) mass is 432 g/mol. The Morgan fingerprint density at radius 3 is 2.58 bits per heavy atom. The highest BCUT2D eigenvalue weighted by Crippen LogP contribution is 2.30. The van der Waals surface area contributed by atoms with Crippen molar-refractivity contribution in [3.8, 4) is 17.0 Å². The number of H-pyrrole nitrogens is 1. The lowest BCUT2D eigenvalue weighted by Crippen LogP contribution is -2.23. The highest BCUT2D eigenvalue weighted by Gasteiger charge is 2.19. The van der Waals surface area contributed by atoms with E-state index in [0.717, 1.165) is 11.1 Å². The van der Waals surface area contributed by atoms with Gasteiger partial charge >= 0.3 is 0 Å². The van der Waals surface area contributed by atoms with Crippen molar-refractivity contribution >= 4 is 34.5 Å². The first-order valence-corrected chi connectivity index (χ1v) is 9.73. The lowest BCUT2D eigenvalue weighted by atomic mass is 10.0. The number of hydrazone groups is 1. The second kappa shape index (κ2) is 8.41. The molecule has 0 aliphatic rings. The van der Waals surface area contributed by atoms with Crippen LogP contribution in [0.4, 0.5) is 0 Å². The molecule has 0 saturated carbocycles. The number of nitrogens with one attached hydrogen (secondary N) is 2. The van der Waals surface area contributed by atoms with Crippen LogP contribution in [0.3, 0.4) is 0 Å². The van der Waals surface area contributed by atoms with Crippen LogP contribution in [0.2, 0.25) is 5.02 Å².